The predicted octanol–water partition coefficient (Wildman–Crippen LogP) is 1.95. The third-order valence-corrected chi connectivity index (χ3v) is 6.56. The number of thiophene rings is 1. The van der Waals surface area contributed by atoms with Gasteiger partial charge < -0.3 is 24.8 Å². The number of piperazine rings is 1. The fourth-order valence-electron chi connectivity index (χ4n) is 3.73. The number of aliphatic imine (C=N–C) groups is 1. The number of rotatable bonds is 5. The van der Waals surface area contributed by atoms with Gasteiger partial charge in [-0.2, -0.15) is 0 Å². The van der Waals surface area contributed by atoms with Crippen molar-refractivity contribution in [3.05, 3.63) is 17.5 Å². The molecule has 2 fully saturated rings. The van der Waals surface area contributed by atoms with Gasteiger partial charge in [-0.3, -0.25) is 4.99 Å². The fraction of sp³-hybridized carbons (Fsp3) is 0.737. The lowest BCUT2D eigenvalue weighted by Gasteiger charge is -2.42. The molecule has 26 heavy (non-hydrogen) atoms. The second kappa shape index (κ2) is 9.06. The molecule has 0 atom stereocenters. The number of anilines is 1. The summed E-state index contributed by atoms with van der Waals surface area (Å²) in [6, 6.07) is 4.35. The van der Waals surface area contributed by atoms with Gasteiger partial charge in [0.05, 0.1) is 11.5 Å². The summed E-state index contributed by atoms with van der Waals surface area (Å²) < 4.78 is 5.59. The smallest absolute Gasteiger partial charge is 0.194 e. The maximum atomic E-state index is 5.59. The minimum Gasteiger partial charge on any atom is -0.381 e. The minimum absolute atomic E-state index is 0.123. The zero-order valence-corrected chi connectivity index (χ0v) is 17.2. The van der Waals surface area contributed by atoms with Crippen molar-refractivity contribution in [3.8, 4) is 0 Å². The molecule has 2 aliphatic heterocycles. The molecule has 0 unspecified atom stereocenters. The molecule has 0 bridgehead atoms. The summed E-state index contributed by atoms with van der Waals surface area (Å²) in [5, 5.41) is 7.04. The molecule has 1 aromatic heterocycles. The van der Waals surface area contributed by atoms with Crippen molar-refractivity contribution in [3.63, 3.8) is 0 Å². The van der Waals surface area contributed by atoms with Gasteiger partial charge in [0.2, 0.25) is 0 Å². The molecule has 2 saturated heterocycles. The van der Waals surface area contributed by atoms with Gasteiger partial charge in [-0.15, -0.1) is 11.3 Å². The van der Waals surface area contributed by atoms with Crippen LogP contribution >= 0.6 is 11.3 Å². The van der Waals surface area contributed by atoms with E-state index in [-0.39, 0.29) is 5.54 Å². The first kappa shape index (κ1) is 19.5. The summed E-state index contributed by atoms with van der Waals surface area (Å²) in [5.41, 5.74) is 0.123. The highest BCUT2D eigenvalue weighted by atomic mass is 32.1. The van der Waals surface area contributed by atoms with Crippen molar-refractivity contribution < 1.29 is 4.74 Å². The molecule has 7 heteroatoms. The number of hydrogen-bond acceptors (Lipinski definition) is 5. The molecular formula is C19H33N5OS. The lowest BCUT2D eigenvalue weighted by Crippen LogP contribution is -2.54. The van der Waals surface area contributed by atoms with Gasteiger partial charge in [-0.25, -0.2) is 0 Å². The second-order valence-corrected chi connectivity index (χ2v) is 8.25. The molecule has 3 rings (SSSR count). The van der Waals surface area contributed by atoms with E-state index in [2.05, 4.69) is 58.5 Å². The van der Waals surface area contributed by atoms with Crippen molar-refractivity contribution in [1.29, 1.82) is 0 Å². The molecule has 0 aliphatic carbocycles. The summed E-state index contributed by atoms with van der Waals surface area (Å²) in [5.74, 6) is 1.06. The van der Waals surface area contributed by atoms with E-state index in [0.29, 0.717) is 0 Å². The van der Waals surface area contributed by atoms with E-state index in [1.807, 2.05) is 11.3 Å². The van der Waals surface area contributed by atoms with Gasteiger partial charge in [0.25, 0.3) is 0 Å². The van der Waals surface area contributed by atoms with E-state index in [1.165, 1.54) is 5.00 Å². The Hall–Kier alpha value is -1.31. The molecule has 3 heterocycles. The zero-order chi connectivity index (χ0) is 18.4. The molecule has 0 saturated carbocycles. The van der Waals surface area contributed by atoms with E-state index in [1.54, 1.807) is 0 Å². The maximum Gasteiger partial charge on any atom is 0.194 e. The number of nitrogens with zero attached hydrogens (tertiary/aromatic N) is 4. The quantitative estimate of drug-likeness (QED) is 0.626. The molecule has 146 valence electrons. The normalized spacial score (nSPS) is 21.3. The van der Waals surface area contributed by atoms with Crippen LogP contribution in [-0.2, 0) is 4.74 Å². The van der Waals surface area contributed by atoms with Gasteiger partial charge in [-0.05, 0) is 51.4 Å². The van der Waals surface area contributed by atoms with Gasteiger partial charge in [-0.1, -0.05) is 0 Å². The molecule has 6 nitrogen and oxygen atoms in total. The highest BCUT2D eigenvalue weighted by Gasteiger charge is 2.35. The Bertz CT molecular complexity index is 560. The van der Waals surface area contributed by atoms with Crippen LogP contribution in [0.1, 0.15) is 19.8 Å². The highest BCUT2D eigenvalue weighted by molar-refractivity contribution is 7.14. The van der Waals surface area contributed by atoms with E-state index in [4.69, 9.17) is 9.73 Å². The topological polar surface area (TPSA) is 43.3 Å². The van der Waals surface area contributed by atoms with E-state index >= 15 is 0 Å². The molecule has 0 amide bonds. The van der Waals surface area contributed by atoms with Gasteiger partial charge in [0, 0.05) is 51.5 Å². The first-order valence-corrected chi connectivity index (χ1v) is 10.6. The number of likely N-dealkylation sites (N-methyl/N-ethyl adjacent to an activating group) is 1. The molecule has 0 spiro atoms. The second-order valence-electron chi connectivity index (χ2n) is 7.33. The lowest BCUT2D eigenvalue weighted by atomic mass is 9.89. The van der Waals surface area contributed by atoms with Crippen molar-refractivity contribution in [2.45, 2.75) is 25.3 Å². The van der Waals surface area contributed by atoms with Crippen LogP contribution in [0.5, 0.6) is 0 Å². The van der Waals surface area contributed by atoms with Crippen molar-refractivity contribution in [2.75, 3.05) is 71.5 Å². The fourth-order valence-corrected chi connectivity index (χ4v) is 4.52. The first-order chi connectivity index (χ1) is 12.6. The van der Waals surface area contributed by atoms with Gasteiger partial charge in [0.15, 0.2) is 5.96 Å². The SMILES string of the molecule is CCNC(=NCC1(N(C)C)CCOCC1)N1CCN(c2cccs2)CC1. The molecule has 2 aliphatic rings. The van der Waals surface area contributed by atoms with Crippen LogP contribution in [0.3, 0.4) is 0 Å². The van der Waals surface area contributed by atoms with Crippen LogP contribution in [-0.4, -0.2) is 87.9 Å². The zero-order valence-electron chi connectivity index (χ0n) is 16.4. The number of hydrogen-bond donors (Lipinski definition) is 1. The first-order valence-electron chi connectivity index (χ1n) is 9.71. The van der Waals surface area contributed by atoms with Crippen LogP contribution in [0, 0.1) is 0 Å². The van der Waals surface area contributed by atoms with Crippen molar-refractivity contribution in [1.82, 2.24) is 15.1 Å². The average Bonchev–Trinajstić information content (AvgIpc) is 3.21. The van der Waals surface area contributed by atoms with Crippen LogP contribution in [0.15, 0.2) is 22.5 Å². The summed E-state index contributed by atoms with van der Waals surface area (Å²) in [6.45, 7) is 9.69. The largest absolute Gasteiger partial charge is 0.381 e. The average molecular weight is 380 g/mol. The Morgan fingerprint density at radius 1 is 1.27 bits per heavy atom. The minimum atomic E-state index is 0.123. The Labute approximate surface area is 161 Å². The van der Waals surface area contributed by atoms with Gasteiger partial charge in [0.1, 0.15) is 0 Å². The van der Waals surface area contributed by atoms with E-state index in [9.17, 15) is 0 Å². The molecule has 1 N–H and O–H groups in total. The van der Waals surface area contributed by atoms with Gasteiger partial charge >= 0.3 is 0 Å². The third-order valence-electron chi connectivity index (χ3n) is 5.63. The number of nitrogens with one attached hydrogen (secondary N) is 1. The number of guanidine groups is 1. The van der Waals surface area contributed by atoms with Crippen LogP contribution in [0.25, 0.3) is 0 Å². The Balaban J connectivity index is 1.64. The molecule has 0 aromatic carbocycles. The van der Waals surface area contributed by atoms with Crippen molar-refractivity contribution in [2.24, 2.45) is 4.99 Å². The number of ether oxygens (including phenoxy) is 1. The van der Waals surface area contributed by atoms with Crippen LogP contribution < -0.4 is 10.2 Å². The van der Waals surface area contributed by atoms with E-state index < -0.39 is 0 Å². The third kappa shape index (κ3) is 4.50. The summed E-state index contributed by atoms with van der Waals surface area (Å²) in [4.78, 5) is 12.3. The van der Waals surface area contributed by atoms with E-state index in [0.717, 1.165) is 71.3 Å². The highest BCUT2D eigenvalue weighted by Crippen LogP contribution is 2.26. The maximum absolute atomic E-state index is 5.59. The molecular weight excluding hydrogens is 346 g/mol. The Morgan fingerprint density at radius 3 is 2.58 bits per heavy atom. The molecule has 1 aromatic rings. The Kier molecular flexibility index (Phi) is 6.78. The Morgan fingerprint density at radius 2 is 2.00 bits per heavy atom. The summed E-state index contributed by atoms with van der Waals surface area (Å²) >= 11 is 1.83. The molecule has 0 radical (unpaired) electrons. The monoisotopic (exact) mass is 379 g/mol. The van der Waals surface area contributed by atoms with Crippen LogP contribution in [0.4, 0.5) is 5.00 Å². The van der Waals surface area contributed by atoms with Crippen molar-refractivity contribution >= 4 is 22.3 Å². The summed E-state index contributed by atoms with van der Waals surface area (Å²) in [6.07, 6.45) is 2.10. The standard InChI is InChI=1S/C19H33N5OS/c1-4-20-18(21-16-19(22(2)3)7-13-25-14-8-19)24-11-9-23(10-12-24)17-6-5-15-26-17/h5-6,15H,4,7-14,16H2,1-3H3,(H,20,21). The van der Waals surface area contributed by atoms with Crippen LogP contribution in [0.2, 0.25) is 0 Å². The lowest BCUT2D eigenvalue weighted by molar-refractivity contribution is -0.00264. The summed E-state index contributed by atoms with van der Waals surface area (Å²) in [7, 11) is 4.35. The predicted molar refractivity (Wildman–Crippen MR) is 111 cm³/mol.